The van der Waals surface area contributed by atoms with Crippen LogP contribution in [0, 0.1) is 0 Å². The van der Waals surface area contributed by atoms with Crippen molar-refractivity contribution in [2.24, 2.45) is 0 Å². The van der Waals surface area contributed by atoms with E-state index in [1.807, 2.05) is 13.0 Å². The second-order valence-corrected chi connectivity index (χ2v) is 4.33. The van der Waals surface area contributed by atoms with Gasteiger partial charge in [-0.05, 0) is 6.92 Å². The van der Waals surface area contributed by atoms with Crippen LogP contribution in [0.15, 0.2) is 12.4 Å². The van der Waals surface area contributed by atoms with Crippen LogP contribution in [0.5, 0.6) is 5.88 Å². The Bertz CT molecular complexity index is 266. The summed E-state index contributed by atoms with van der Waals surface area (Å²) in [5.74, 6) is 0.653. The summed E-state index contributed by atoms with van der Waals surface area (Å²) < 4.78 is 5.26. The summed E-state index contributed by atoms with van der Waals surface area (Å²) in [5.41, 5.74) is 1.00. The Balaban J connectivity index is 2.67. The van der Waals surface area contributed by atoms with E-state index in [1.54, 1.807) is 0 Å². The average Bonchev–Trinajstić information content (AvgIpc) is 2.04. The lowest BCUT2D eigenvalue weighted by atomic mass is 10.2. The van der Waals surface area contributed by atoms with E-state index in [1.165, 1.54) is 6.33 Å². The first kappa shape index (κ1) is 10.4. The van der Waals surface area contributed by atoms with Crippen LogP contribution in [0.2, 0.25) is 0 Å². The maximum atomic E-state index is 5.26. The molecule has 1 aromatic rings. The highest BCUT2D eigenvalue weighted by Gasteiger charge is 2.02. The molecule has 0 saturated carbocycles. The number of halogens is 1. The van der Waals surface area contributed by atoms with Gasteiger partial charge in [0.05, 0.1) is 6.61 Å². The van der Waals surface area contributed by atoms with Crippen molar-refractivity contribution in [3.05, 3.63) is 18.1 Å². The van der Waals surface area contributed by atoms with Crippen LogP contribution < -0.4 is 4.74 Å². The molecule has 1 rings (SSSR count). The first-order valence-corrected chi connectivity index (χ1v) is 5.21. The second-order valence-electron chi connectivity index (χ2n) is 2.77. The van der Waals surface area contributed by atoms with Crippen LogP contribution in [0.4, 0.5) is 0 Å². The lowest BCUT2D eigenvalue weighted by Gasteiger charge is -2.04. The number of ether oxygens (including phenoxy) is 1. The highest BCUT2D eigenvalue weighted by atomic mass is 79.9. The predicted molar refractivity (Wildman–Crippen MR) is 55.3 cm³/mol. The van der Waals surface area contributed by atoms with Gasteiger partial charge in [-0.2, -0.15) is 0 Å². The Morgan fingerprint density at radius 1 is 1.54 bits per heavy atom. The summed E-state index contributed by atoms with van der Waals surface area (Å²) in [6.45, 7) is 4.66. The molecule has 1 atom stereocenters. The fourth-order valence-corrected chi connectivity index (χ4v) is 1.34. The minimum absolute atomic E-state index is 0.428. The van der Waals surface area contributed by atoms with E-state index in [0.717, 1.165) is 12.1 Å². The van der Waals surface area contributed by atoms with Crippen molar-refractivity contribution in [3.63, 3.8) is 0 Å². The topological polar surface area (TPSA) is 35.0 Å². The highest BCUT2D eigenvalue weighted by Crippen LogP contribution is 2.11. The third-order valence-corrected chi connectivity index (χ3v) is 1.80. The SMILES string of the molecule is CCOc1cc(CC(C)Br)ncn1. The summed E-state index contributed by atoms with van der Waals surface area (Å²) in [4.78, 5) is 8.56. The van der Waals surface area contributed by atoms with Crippen LogP contribution in [-0.4, -0.2) is 21.4 Å². The smallest absolute Gasteiger partial charge is 0.216 e. The van der Waals surface area contributed by atoms with Gasteiger partial charge >= 0.3 is 0 Å². The Hall–Kier alpha value is -0.640. The summed E-state index contributed by atoms with van der Waals surface area (Å²) in [6.07, 6.45) is 2.43. The van der Waals surface area contributed by atoms with E-state index in [9.17, 15) is 0 Å². The van der Waals surface area contributed by atoms with Gasteiger partial charge in [-0.1, -0.05) is 22.9 Å². The van der Waals surface area contributed by atoms with Gasteiger partial charge in [0.25, 0.3) is 0 Å². The van der Waals surface area contributed by atoms with Crippen molar-refractivity contribution in [3.8, 4) is 5.88 Å². The van der Waals surface area contributed by atoms with Gasteiger partial charge < -0.3 is 4.74 Å². The highest BCUT2D eigenvalue weighted by molar-refractivity contribution is 9.09. The van der Waals surface area contributed by atoms with E-state index in [2.05, 4.69) is 32.8 Å². The number of rotatable bonds is 4. The van der Waals surface area contributed by atoms with Crippen LogP contribution in [0.3, 0.4) is 0 Å². The Morgan fingerprint density at radius 3 is 2.92 bits per heavy atom. The van der Waals surface area contributed by atoms with Gasteiger partial charge in [-0.15, -0.1) is 0 Å². The molecule has 1 unspecified atom stereocenters. The molecule has 1 heterocycles. The first-order chi connectivity index (χ1) is 6.22. The van der Waals surface area contributed by atoms with Gasteiger partial charge in [-0.25, -0.2) is 9.97 Å². The van der Waals surface area contributed by atoms with Gasteiger partial charge in [0.1, 0.15) is 6.33 Å². The lowest BCUT2D eigenvalue weighted by Crippen LogP contribution is -2.02. The molecule has 1 aromatic heterocycles. The van der Waals surface area contributed by atoms with Gasteiger partial charge in [0.2, 0.25) is 5.88 Å². The molecular weight excluding hydrogens is 232 g/mol. The number of nitrogens with zero attached hydrogens (tertiary/aromatic N) is 2. The Morgan fingerprint density at radius 2 is 2.31 bits per heavy atom. The third-order valence-electron chi connectivity index (χ3n) is 1.48. The van der Waals surface area contributed by atoms with E-state index in [-0.39, 0.29) is 0 Å². The molecule has 4 heteroatoms. The molecule has 0 aliphatic carbocycles. The Kier molecular flexibility index (Phi) is 4.15. The van der Waals surface area contributed by atoms with Crippen molar-refractivity contribution in [2.75, 3.05) is 6.61 Å². The number of hydrogen-bond acceptors (Lipinski definition) is 3. The molecule has 3 nitrogen and oxygen atoms in total. The molecule has 0 aliphatic heterocycles. The second kappa shape index (κ2) is 5.17. The molecule has 0 aromatic carbocycles. The van der Waals surface area contributed by atoms with Crippen molar-refractivity contribution in [1.82, 2.24) is 9.97 Å². The van der Waals surface area contributed by atoms with E-state index in [0.29, 0.717) is 17.3 Å². The van der Waals surface area contributed by atoms with Crippen molar-refractivity contribution in [1.29, 1.82) is 0 Å². The molecule has 0 aliphatic rings. The molecule has 0 N–H and O–H groups in total. The largest absolute Gasteiger partial charge is 0.478 e. The number of aromatic nitrogens is 2. The molecule has 0 amide bonds. The van der Waals surface area contributed by atoms with Gasteiger partial charge in [-0.3, -0.25) is 0 Å². The monoisotopic (exact) mass is 244 g/mol. The summed E-state index contributed by atoms with van der Waals surface area (Å²) in [5, 5.41) is 0. The third kappa shape index (κ3) is 3.72. The van der Waals surface area contributed by atoms with Crippen LogP contribution in [0.25, 0.3) is 0 Å². The van der Waals surface area contributed by atoms with Crippen LogP contribution in [-0.2, 0) is 6.42 Å². The first-order valence-electron chi connectivity index (χ1n) is 4.30. The molecule has 0 fully saturated rings. The number of hydrogen-bond donors (Lipinski definition) is 0. The molecule has 0 spiro atoms. The van der Waals surface area contributed by atoms with E-state index in [4.69, 9.17) is 4.74 Å². The summed E-state index contributed by atoms with van der Waals surface area (Å²) in [7, 11) is 0. The quantitative estimate of drug-likeness (QED) is 0.763. The Labute approximate surface area is 86.7 Å². The minimum atomic E-state index is 0.428. The lowest BCUT2D eigenvalue weighted by molar-refractivity contribution is 0.325. The summed E-state index contributed by atoms with van der Waals surface area (Å²) in [6, 6.07) is 1.88. The van der Waals surface area contributed by atoms with Gasteiger partial charge in [0, 0.05) is 23.0 Å². The molecule has 0 saturated heterocycles. The zero-order valence-corrected chi connectivity index (χ0v) is 9.41. The van der Waals surface area contributed by atoms with Crippen LogP contribution in [0.1, 0.15) is 19.5 Å². The normalized spacial score (nSPS) is 12.5. The van der Waals surface area contributed by atoms with Crippen molar-refractivity contribution >= 4 is 15.9 Å². The molecule has 13 heavy (non-hydrogen) atoms. The molecular formula is C9H13BrN2O. The minimum Gasteiger partial charge on any atom is -0.478 e. The van der Waals surface area contributed by atoms with Crippen LogP contribution >= 0.6 is 15.9 Å². The maximum absolute atomic E-state index is 5.26. The molecule has 72 valence electrons. The molecule has 0 radical (unpaired) electrons. The van der Waals surface area contributed by atoms with Gasteiger partial charge in [0.15, 0.2) is 0 Å². The number of alkyl halides is 1. The predicted octanol–water partition coefficient (Wildman–Crippen LogP) is 2.20. The fraction of sp³-hybridized carbons (Fsp3) is 0.556. The fourth-order valence-electron chi connectivity index (χ4n) is 1.00. The zero-order chi connectivity index (χ0) is 9.68. The van der Waals surface area contributed by atoms with Crippen molar-refractivity contribution in [2.45, 2.75) is 25.1 Å². The zero-order valence-electron chi connectivity index (χ0n) is 7.83. The molecule has 0 bridgehead atoms. The summed E-state index contributed by atoms with van der Waals surface area (Å²) >= 11 is 3.47. The van der Waals surface area contributed by atoms with E-state index < -0.39 is 0 Å². The van der Waals surface area contributed by atoms with Crippen molar-refractivity contribution < 1.29 is 4.74 Å². The maximum Gasteiger partial charge on any atom is 0.216 e. The van der Waals surface area contributed by atoms with E-state index >= 15 is 0 Å². The standard InChI is InChI=1S/C9H13BrN2O/c1-3-13-9-5-8(4-7(2)10)11-6-12-9/h5-7H,3-4H2,1-2H3. The average molecular weight is 245 g/mol.